The van der Waals surface area contributed by atoms with Crippen LogP contribution in [-0.4, -0.2) is 23.2 Å². The Morgan fingerprint density at radius 1 is 1.48 bits per heavy atom. The third-order valence-corrected chi connectivity index (χ3v) is 4.62. The second kappa shape index (κ2) is 5.99. The minimum absolute atomic E-state index is 0.0221. The van der Waals surface area contributed by atoms with Crippen LogP contribution in [0.4, 0.5) is 14.9 Å². The van der Waals surface area contributed by atoms with Gasteiger partial charge >= 0.3 is 6.03 Å². The van der Waals surface area contributed by atoms with Crippen LogP contribution in [0.3, 0.4) is 0 Å². The number of anilines is 1. The van der Waals surface area contributed by atoms with Gasteiger partial charge in [-0.05, 0) is 30.3 Å². The number of furan rings is 1. The van der Waals surface area contributed by atoms with Crippen LogP contribution in [0.15, 0.2) is 41.0 Å². The third-order valence-electron chi connectivity index (χ3n) is 3.11. The predicted molar refractivity (Wildman–Crippen MR) is 81.0 cm³/mol. The van der Waals surface area contributed by atoms with Crippen LogP contribution < -0.4 is 5.32 Å². The van der Waals surface area contributed by atoms with Crippen molar-refractivity contribution >= 4 is 35.1 Å². The molecule has 0 saturated carbocycles. The number of carbonyl (C=O) groups is 1. The first-order valence-corrected chi connectivity index (χ1v) is 7.75. The molecular formula is C14H12ClFN2O2S. The molecule has 1 saturated heterocycles. The second-order valence-electron chi connectivity index (χ2n) is 4.49. The summed E-state index contributed by atoms with van der Waals surface area (Å²) in [6.07, 6.45) is 1.59. The average molecular weight is 327 g/mol. The Hall–Kier alpha value is -1.66. The number of benzene rings is 1. The average Bonchev–Trinajstić information content (AvgIpc) is 3.12. The number of halogens is 2. The zero-order valence-corrected chi connectivity index (χ0v) is 12.5. The number of nitrogens with one attached hydrogen (secondary N) is 1. The van der Waals surface area contributed by atoms with Crippen LogP contribution >= 0.6 is 23.4 Å². The number of nitrogens with zero attached hydrogens (tertiary/aromatic N) is 1. The number of carbonyl (C=O) groups excluding carboxylic acids is 1. The lowest BCUT2D eigenvalue weighted by atomic mass is 10.3. The highest BCUT2D eigenvalue weighted by Crippen LogP contribution is 2.38. The lowest BCUT2D eigenvalue weighted by Crippen LogP contribution is -2.34. The normalized spacial score (nSPS) is 18.0. The van der Waals surface area contributed by atoms with E-state index in [4.69, 9.17) is 16.0 Å². The quantitative estimate of drug-likeness (QED) is 0.892. The number of urea groups is 1. The number of hydrogen-bond donors (Lipinski definition) is 1. The molecule has 21 heavy (non-hydrogen) atoms. The van der Waals surface area contributed by atoms with Crippen molar-refractivity contribution in [2.75, 3.05) is 17.6 Å². The zero-order valence-electron chi connectivity index (χ0n) is 10.9. The van der Waals surface area contributed by atoms with Crippen molar-refractivity contribution in [2.24, 2.45) is 0 Å². The van der Waals surface area contributed by atoms with Gasteiger partial charge in [0.1, 0.15) is 17.0 Å². The molecule has 2 aromatic rings. The number of thioether (sulfide) groups is 1. The molecule has 1 aliphatic rings. The van der Waals surface area contributed by atoms with Gasteiger partial charge in [0, 0.05) is 18.0 Å². The molecule has 0 spiro atoms. The first kappa shape index (κ1) is 14.3. The Kier molecular flexibility index (Phi) is 4.07. The summed E-state index contributed by atoms with van der Waals surface area (Å²) in [5, 5.41) is 2.56. The Labute approximate surface area is 130 Å². The van der Waals surface area contributed by atoms with Crippen LogP contribution in [0, 0.1) is 5.82 Å². The molecule has 1 fully saturated rings. The SMILES string of the molecule is O=C(Nc1ccc(F)c(Cl)c1)N1CCSC1c1ccco1. The summed E-state index contributed by atoms with van der Waals surface area (Å²) in [6.45, 7) is 0.622. The van der Waals surface area contributed by atoms with Crippen molar-refractivity contribution in [2.45, 2.75) is 5.37 Å². The zero-order chi connectivity index (χ0) is 14.8. The van der Waals surface area contributed by atoms with E-state index >= 15 is 0 Å². The molecule has 0 bridgehead atoms. The van der Waals surface area contributed by atoms with Gasteiger partial charge in [-0.3, -0.25) is 0 Å². The molecule has 1 unspecified atom stereocenters. The molecular weight excluding hydrogens is 315 g/mol. The van der Waals surface area contributed by atoms with Crippen LogP contribution in [0.25, 0.3) is 0 Å². The Morgan fingerprint density at radius 3 is 3.05 bits per heavy atom. The van der Waals surface area contributed by atoms with Gasteiger partial charge in [0.2, 0.25) is 0 Å². The number of rotatable bonds is 2. The Bertz CT molecular complexity index is 650. The molecule has 0 radical (unpaired) electrons. The first-order chi connectivity index (χ1) is 10.1. The lowest BCUT2D eigenvalue weighted by Gasteiger charge is -2.22. The van der Waals surface area contributed by atoms with E-state index in [0.29, 0.717) is 12.2 Å². The van der Waals surface area contributed by atoms with E-state index in [0.717, 1.165) is 11.5 Å². The van der Waals surface area contributed by atoms with E-state index in [2.05, 4.69) is 5.32 Å². The minimum Gasteiger partial charge on any atom is -0.466 e. The highest BCUT2D eigenvalue weighted by atomic mass is 35.5. The molecule has 4 nitrogen and oxygen atoms in total. The van der Waals surface area contributed by atoms with Gasteiger partial charge in [0.25, 0.3) is 0 Å². The summed E-state index contributed by atoms with van der Waals surface area (Å²) in [4.78, 5) is 14.0. The van der Waals surface area contributed by atoms with Gasteiger partial charge in [-0.15, -0.1) is 11.8 Å². The van der Waals surface area contributed by atoms with Crippen molar-refractivity contribution in [1.29, 1.82) is 0 Å². The van der Waals surface area contributed by atoms with Crippen LogP contribution in [0.1, 0.15) is 11.1 Å². The second-order valence-corrected chi connectivity index (χ2v) is 6.09. The number of amides is 2. The Balaban J connectivity index is 1.73. The lowest BCUT2D eigenvalue weighted by molar-refractivity contribution is 0.209. The van der Waals surface area contributed by atoms with Crippen LogP contribution in [0.5, 0.6) is 0 Å². The summed E-state index contributed by atoms with van der Waals surface area (Å²) in [7, 11) is 0. The molecule has 0 aliphatic carbocycles. The summed E-state index contributed by atoms with van der Waals surface area (Å²) in [5.41, 5.74) is 0.460. The fraction of sp³-hybridized carbons (Fsp3) is 0.214. The first-order valence-electron chi connectivity index (χ1n) is 6.33. The van der Waals surface area contributed by atoms with E-state index in [1.807, 2.05) is 6.07 Å². The molecule has 7 heteroatoms. The maximum absolute atomic E-state index is 13.1. The standard InChI is InChI=1S/C14H12ClFN2O2S/c15-10-8-9(3-4-11(10)16)17-14(19)18-5-7-21-13(18)12-2-1-6-20-12/h1-4,6,8,13H,5,7H2,(H,17,19). The van der Waals surface area contributed by atoms with Gasteiger partial charge in [-0.1, -0.05) is 11.6 Å². The van der Waals surface area contributed by atoms with E-state index < -0.39 is 5.82 Å². The topological polar surface area (TPSA) is 45.5 Å². The molecule has 2 amide bonds. The van der Waals surface area contributed by atoms with Crippen molar-refractivity contribution < 1.29 is 13.6 Å². The highest BCUT2D eigenvalue weighted by Gasteiger charge is 2.32. The fourth-order valence-corrected chi connectivity index (χ4v) is 3.50. The van der Waals surface area contributed by atoms with E-state index in [9.17, 15) is 9.18 Å². The van der Waals surface area contributed by atoms with E-state index in [-0.39, 0.29) is 16.4 Å². The van der Waals surface area contributed by atoms with Gasteiger partial charge in [0.05, 0.1) is 11.3 Å². The van der Waals surface area contributed by atoms with E-state index in [1.54, 1.807) is 29.0 Å². The van der Waals surface area contributed by atoms with Crippen LogP contribution in [0.2, 0.25) is 5.02 Å². The monoisotopic (exact) mass is 326 g/mol. The molecule has 2 heterocycles. The fourth-order valence-electron chi connectivity index (χ4n) is 2.11. The van der Waals surface area contributed by atoms with Crippen molar-refractivity contribution in [1.82, 2.24) is 4.90 Å². The summed E-state index contributed by atoms with van der Waals surface area (Å²) < 4.78 is 18.5. The van der Waals surface area contributed by atoms with Gasteiger partial charge in [-0.25, -0.2) is 9.18 Å². The van der Waals surface area contributed by atoms with Crippen molar-refractivity contribution in [3.05, 3.63) is 53.2 Å². The smallest absolute Gasteiger partial charge is 0.323 e. The molecule has 1 aliphatic heterocycles. The van der Waals surface area contributed by atoms with E-state index in [1.165, 1.54) is 18.2 Å². The number of hydrogen-bond acceptors (Lipinski definition) is 3. The maximum Gasteiger partial charge on any atom is 0.323 e. The molecule has 1 aromatic heterocycles. The van der Waals surface area contributed by atoms with Crippen molar-refractivity contribution in [3.8, 4) is 0 Å². The largest absolute Gasteiger partial charge is 0.466 e. The van der Waals surface area contributed by atoms with Gasteiger partial charge < -0.3 is 14.6 Å². The Morgan fingerprint density at radius 2 is 2.33 bits per heavy atom. The molecule has 1 aromatic carbocycles. The highest BCUT2D eigenvalue weighted by molar-refractivity contribution is 7.99. The van der Waals surface area contributed by atoms with Crippen LogP contribution in [-0.2, 0) is 0 Å². The maximum atomic E-state index is 13.1. The molecule has 110 valence electrons. The molecule has 1 N–H and O–H groups in total. The van der Waals surface area contributed by atoms with Crippen molar-refractivity contribution in [3.63, 3.8) is 0 Å². The summed E-state index contributed by atoms with van der Waals surface area (Å²) >= 11 is 7.35. The minimum atomic E-state index is -0.514. The van der Waals surface area contributed by atoms with Gasteiger partial charge in [-0.2, -0.15) is 0 Å². The molecule has 3 rings (SSSR count). The summed E-state index contributed by atoms with van der Waals surface area (Å²) in [6, 6.07) is 7.47. The molecule has 1 atom stereocenters. The summed E-state index contributed by atoms with van der Waals surface area (Å²) in [5.74, 6) is 1.06. The van der Waals surface area contributed by atoms with Gasteiger partial charge in [0.15, 0.2) is 0 Å². The predicted octanol–water partition coefficient (Wildman–Crippen LogP) is 4.35. The third kappa shape index (κ3) is 3.01.